The molecule has 3 rings (SSSR count). The zero-order chi connectivity index (χ0) is 17.8. The van der Waals surface area contributed by atoms with Crippen molar-refractivity contribution in [1.29, 1.82) is 0 Å². The van der Waals surface area contributed by atoms with Gasteiger partial charge in [0, 0.05) is 5.69 Å². The summed E-state index contributed by atoms with van der Waals surface area (Å²) < 4.78 is 13.6. The highest BCUT2D eigenvalue weighted by Crippen LogP contribution is 2.21. The van der Waals surface area contributed by atoms with Crippen molar-refractivity contribution in [3.05, 3.63) is 77.5 Å². The number of anilines is 3. The van der Waals surface area contributed by atoms with Crippen LogP contribution in [0, 0.1) is 19.7 Å². The predicted octanol–water partition coefficient (Wildman–Crippen LogP) is 4.23. The number of amides is 1. The Morgan fingerprint density at radius 3 is 2.44 bits per heavy atom. The van der Waals surface area contributed by atoms with E-state index in [2.05, 4.69) is 20.6 Å². The van der Waals surface area contributed by atoms with Crippen LogP contribution in [-0.2, 0) is 0 Å². The summed E-state index contributed by atoms with van der Waals surface area (Å²) in [4.78, 5) is 20.4. The second-order valence-corrected chi connectivity index (χ2v) is 5.59. The third-order valence-corrected chi connectivity index (χ3v) is 3.87. The molecule has 6 heteroatoms. The maximum atomic E-state index is 13.6. The van der Waals surface area contributed by atoms with E-state index in [1.54, 1.807) is 12.1 Å². The number of rotatable bonds is 4. The second-order valence-electron chi connectivity index (χ2n) is 5.59. The molecular formula is C19H17FN4O. The van der Waals surface area contributed by atoms with Gasteiger partial charge in [0.2, 0.25) is 0 Å². The van der Waals surface area contributed by atoms with Gasteiger partial charge in [-0.1, -0.05) is 24.3 Å². The Kier molecular flexibility index (Phi) is 4.70. The van der Waals surface area contributed by atoms with E-state index in [9.17, 15) is 9.18 Å². The van der Waals surface area contributed by atoms with Gasteiger partial charge >= 0.3 is 0 Å². The van der Waals surface area contributed by atoms with Gasteiger partial charge in [-0.15, -0.1) is 0 Å². The smallest absolute Gasteiger partial charge is 0.275 e. The number of benzene rings is 2. The molecule has 0 saturated heterocycles. The molecule has 1 aromatic heterocycles. The van der Waals surface area contributed by atoms with Crippen LogP contribution in [0.3, 0.4) is 0 Å². The van der Waals surface area contributed by atoms with Crippen molar-refractivity contribution in [2.24, 2.45) is 0 Å². The van der Waals surface area contributed by atoms with E-state index in [-0.39, 0.29) is 11.4 Å². The van der Waals surface area contributed by atoms with Crippen molar-refractivity contribution >= 4 is 23.1 Å². The van der Waals surface area contributed by atoms with Crippen molar-refractivity contribution in [3.63, 3.8) is 0 Å². The van der Waals surface area contributed by atoms with Crippen LogP contribution in [0.4, 0.5) is 21.6 Å². The van der Waals surface area contributed by atoms with E-state index < -0.39 is 11.7 Å². The molecule has 0 bridgehead atoms. The first-order chi connectivity index (χ1) is 12.0. The fraction of sp³-hybridized carbons (Fsp3) is 0.105. The Balaban J connectivity index is 1.73. The zero-order valence-corrected chi connectivity index (χ0v) is 13.9. The first-order valence-corrected chi connectivity index (χ1v) is 7.76. The molecule has 5 nitrogen and oxygen atoms in total. The first kappa shape index (κ1) is 16.6. The lowest BCUT2D eigenvalue weighted by molar-refractivity contribution is 0.102. The molecule has 0 radical (unpaired) electrons. The number of para-hydroxylation sites is 1. The number of halogens is 1. The predicted molar refractivity (Wildman–Crippen MR) is 95.6 cm³/mol. The fourth-order valence-corrected chi connectivity index (χ4v) is 2.28. The summed E-state index contributed by atoms with van der Waals surface area (Å²) in [5.74, 6) is -0.496. The van der Waals surface area contributed by atoms with E-state index >= 15 is 0 Å². The molecule has 3 aromatic rings. The minimum absolute atomic E-state index is 0.104. The summed E-state index contributed by atoms with van der Waals surface area (Å²) >= 11 is 0. The van der Waals surface area contributed by atoms with Gasteiger partial charge in [-0.3, -0.25) is 4.79 Å². The summed E-state index contributed by atoms with van der Waals surface area (Å²) in [5, 5.41) is 5.65. The molecule has 0 atom stereocenters. The van der Waals surface area contributed by atoms with Gasteiger partial charge in [0.05, 0.1) is 18.1 Å². The van der Waals surface area contributed by atoms with Crippen molar-refractivity contribution in [3.8, 4) is 0 Å². The van der Waals surface area contributed by atoms with Crippen LogP contribution in [-0.4, -0.2) is 15.9 Å². The van der Waals surface area contributed by atoms with Gasteiger partial charge in [0.15, 0.2) is 0 Å². The summed E-state index contributed by atoms with van der Waals surface area (Å²) in [6.07, 6.45) is 2.82. The van der Waals surface area contributed by atoms with E-state index in [1.807, 2.05) is 32.0 Å². The second kappa shape index (κ2) is 7.09. The van der Waals surface area contributed by atoms with Gasteiger partial charge in [0.25, 0.3) is 5.91 Å². The molecule has 0 aliphatic rings. The lowest BCUT2D eigenvalue weighted by Crippen LogP contribution is -2.15. The van der Waals surface area contributed by atoms with Gasteiger partial charge < -0.3 is 10.6 Å². The van der Waals surface area contributed by atoms with Crippen LogP contribution in [0.1, 0.15) is 21.6 Å². The molecule has 0 aliphatic heterocycles. The molecule has 0 saturated carbocycles. The molecule has 0 spiro atoms. The Morgan fingerprint density at radius 2 is 1.72 bits per heavy atom. The Morgan fingerprint density at radius 1 is 0.960 bits per heavy atom. The average Bonchev–Trinajstić information content (AvgIpc) is 2.61. The number of nitrogens with zero attached hydrogens (tertiary/aromatic N) is 2. The summed E-state index contributed by atoms with van der Waals surface area (Å²) in [5.41, 5.74) is 3.42. The molecule has 0 fully saturated rings. The first-order valence-electron chi connectivity index (χ1n) is 7.76. The van der Waals surface area contributed by atoms with Crippen molar-refractivity contribution in [1.82, 2.24) is 9.97 Å². The number of aromatic nitrogens is 2. The highest BCUT2D eigenvalue weighted by atomic mass is 19.1. The summed E-state index contributed by atoms with van der Waals surface area (Å²) in [6.45, 7) is 4.05. The third kappa shape index (κ3) is 3.80. The molecule has 126 valence electrons. The Hall–Kier alpha value is -3.28. The molecule has 0 aliphatic carbocycles. The number of carbonyl (C=O) groups is 1. The minimum Gasteiger partial charge on any atom is -0.339 e. The SMILES string of the molecule is Cc1cccc(Nc2cnc(C(=O)Nc3ccccc3F)cn2)c1C. The highest BCUT2D eigenvalue weighted by Gasteiger charge is 2.11. The lowest BCUT2D eigenvalue weighted by atomic mass is 10.1. The lowest BCUT2D eigenvalue weighted by Gasteiger charge is -2.11. The monoisotopic (exact) mass is 336 g/mol. The molecule has 0 unspecified atom stereocenters. The van der Waals surface area contributed by atoms with E-state index in [0.29, 0.717) is 5.82 Å². The number of nitrogens with one attached hydrogen (secondary N) is 2. The molecule has 25 heavy (non-hydrogen) atoms. The molecule has 1 heterocycles. The standard InChI is InChI=1S/C19H17FN4O/c1-12-6-5-9-15(13(12)2)23-18-11-21-17(10-22-18)19(25)24-16-8-4-3-7-14(16)20/h3-11H,1-2H3,(H,22,23)(H,24,25). The average molecular weight is 336 g/mol. The molecule has 2 N–H and O–H groups in total. The Labute approximate surface area is 145 Å². The van der Waals surface area contributed by atoms with Crippen LogP contribution >= 0.6 is 0 Å². The van der Waals surface area contributed by atoms with E-state index in [1.165, 1.54) is 30.1 Å². The molecular weight excluding hydrogens is 319 g/mol. The van der Waals surface area contributed by atoms with E-state index in [4.69, 9.17) is 0 Å². The fourth-order valence-electron chi connectivity index (χ4n) is 2.28. The topological polar surface area (TPSA) is 66.9 Å². The van der Waals surface area contributed by atoms with Gasteiger partial charge in [-0.25, -0.2) is 14.4 Å². The van der Waals surface area contributed by atoms with Crippen LogP contribution < -0.4 is 10.6 Å². The third-order valence-electron chi connectivity index (χ3n) is 3.87. The van der Waals surface area contributed by atoms with Crippen LogP contribution in [0.5, 0.6) is 0 Å². The van der Waals surface area contributed by atoms with Crippen LogP contribution in [0.25, 0.3) is 0 Å². The number of carbonyl (C=O) groups excluding carboxylic acids is 1. The summed E-state index contributed by atoms with van der Waals surface area (Å²) in [6, 6.07) is 11.9. The maximum Gasteiger partial charge on any atom is 0.275 e. The highest BCUT2D eigenvalue weighted by molar-refractivity contribution is 6.02. The van der Waals surface area contributed by atoms with Crippen LogP contribution in [0.2, 0.25) is 0 Å². The molecule has 2 aromatic carbocycles. The number of hydrogen-bond donors (Lipinski definition) is 2. The largest absolute Gasteiger partial charge is 0.339 e. The van der Waals surface area contributed by atoms with E-state index in [0.717, 1.165) is 11.3 Å². The van der Waals surface area contributed by atoms with Gasteiger partial charge in [-0.2, -0.15) is 0 Å². The maximum absolute atomic E-state index is 13.6. The van der Waals surface area contributed by atoms with Gasteiger partial charge in [0.1, 0.15) is 17.3 Å². The van der Waals surface area contributed by atoms with Crippen LogP contribution in [0.15, 0.2) is 54.9 Å². The quantitative estimate of drug-likeness (QED) is 0.748. The van der Waals surface area contributed by atoms with Crippen molar-refractivity contribution < 1.29 is 9.18 Å². The summed E-state index contributed by atoms with van der Waals surface area (Å²) in [7, 11) is 0. The normalized spacial score (nSPS) is 10.4. The number of hydrogen-bond acceptors (Lipinski definition) is 4. The molecule has 1 amide bonds. The minimum atomic E-state index is -0.518. The van der Waals surface area contributed by atoms with Gasteiger partial charge in [-0.05, 0) is 43.2 Å². The van der Waals surface area contributed by atoms with Crippen molar-refractivity contribution in [2.45, 2.75) is 13.8 Å². The zero-order valence-electron chi connectivity index (χ0n) is 13.9. The van der Waals surface area contributed by atoms with Crippen molar-refractivity contribution in [2.75, 3.05) is 10.6 Å². The number of aryl methyl sites for hydroxylation is 1. The Bertz CT molecular complexity index is 910.